The second kappa shape index (κ2) is 6.22. The molecule has 6 nitrogen and oxygen atoms in total. The van der Waals surface area contributed by atoms with Crippen LogP contribution in [0.3, 0.4) is 0 Å². The molecule has 2 aromatic rings. The molecular formula is C18H16O6. The fourth-order valence-corrected chi connectivity index (χ4v) is 2.49. The summed E-state index contributed by atoms with van der Waals surface area (Å²) in [6.45, 7) is 1.75. The summed E-state index contributed by atoms with van der Waals surface area (Å²) in [5, 5.41) is 1.33. The maximum atomic E-state index is 12.3. The van der Waals surface area contributed by atoms with E-state index in [4.69, 9.17) is 18.9 Å². The molecular weight excluding hydrogens is 312 g/mol. The standard InChI is InChI=1S/C18H16O6/c19-17(23-9-11-7-21-11)15-5-1-3-13-14(15)4-2-6-16(13)18(20)24-10-12-8-22-12/h1-6,11-12H,7-10H2. The van der Waals surface area contributed by atoms with Crippen LogP contribution in [-0.2, 0) is 18.9 Å². The van der Waals surface area contributed by atoms with Gasteiger partial charge in [0.2, 0.25) is 0 Å². The van der Waals surface area contributed by atoms with E-state index in [1.165, 1.54) is 0 Å². The lowest BCUT2D eigenvalue weighted by molar-refractivity contribution is 0.0469. The van der Waals surface area contributed by atoms with E-state index in [2.05, 4.69) is 0 Å². The highest BCUT2D eigenvalue weighted by Gasteiger charge is 2.26. The second-order valence-electron chi connectivity index (χ2n) is 5.81. The molecule has 124 valence electrons. The van der Waals surface area contributed by atoms with Crippen molar-refractivity contribution in [3.05, 3.63) is 47.5 Å². The predicted molar refractivity (Wildman–Crippen MR) is 84.0 cm³/mol. The lowest BCUT2D eigenvalue weighted by Gasteiger charge is -2.10. The number of carbonyl (C=O) groups is 2. The summed E-state index contributed by atoms with van der Waals surface area (Å²) in [6, 6.07) is 10.4. The third-order valence-electron chi connectivity index (χ3n) is 3.97. The molecule has 6 heteroatoms. The van der Waals surface area contributed by atoms with Gasteiger partial charge >= 0.3 is 11.9 Å². The fraction of sp³-hybridized carbons (Fsp3) is 0.333. The number of carbonyl (C=O) groups excluding carboxylic acids is 2. The monoisotopic (exact) mass is 328 g/mol. The van der Waals surface area contributed by atoms with Gasteiger partial charge in [0.25, 0.3) is 0 Å². The van der Waals surface area contributed by atoms with Gasteiger partial charge in [-0.25, -0.2) is 9.59 Å². The van der Waals surface area contributed by atoms with Crippen LogP contribution in [0.1, 0.15) is 20.7 Å². The van der Waals surface area contributed by atoms with Gasteiger partial charge in [-0.05, 0) is 22.9 Å². The van der Waals surface area contributed by atoms with Gasteiger partial charge in [0.1, 0.15) is 25.4 Å². The fourth-order valence-electron chi connectivity index (χ4n) is 2.49. The minimum Gasteiger partial charge on any atom is -0.459 e. The van der Waals surface area contributed by atoms with Crippen molar-refractivity contribution in [1.29, 1.82) is 0 Å². The van der Waals surface area contributed by atoms with Crippen LogP contribution in [0, 0.1) is 0 Å². The Kier molecular flexibility index (Phi) is 3.92. The Morgan fingerprint density at radius 3 is 1.62 bits per heavy atom. The molecule has 0 bridgehead atoms. The topological polar surface area (TPSA) is 77.7 Å². The van der Waals surface area contributed by atoms with Crippen LogP contribution >= 0.6 is 0 Å². The molecule has 0 amide bonds. The third-order valence-corrected chi connectivity index (χ3v) is 3.97. The van der Waals surface area contributed by atoms with Crippen molar-refractivity contribution < 1.29 is 28.5 Å². The van der Waals surface area contributed by atoms with E-state index in [9.17, 15) is 9.59 Å². The number of esters is 2. The first-order valence-corrected chi connectivity index (χ1v) is 7.81. The lowest BCUT2D eigenvalue weighted by Crippen LogP contribution is -2.12. The van der Waals surface area contributed by atoms with Gasteiger partial charge in [-0.2, -0.15) is 0 Å². The highest BCUT2D eigenvalue weighted by molar-refractivity contribution is 6.11. The van der Waals surface area contributed by atoms with E-state index in [-0.39, 0.29) is 25.4 Å². The molecule has 2 saturated heterocycles. The lowest BCUT2D eigenvalue weighted by atomic mass is 10.00. The normalized spacial score (nSPS) is 21.3. The molecule has 4 rings (SSSR count). The SMILES string of the molecule is O=C(OCC1CO1)c1cccc2c(C(=O)OCC3CO3)cccc12. The Labute approximate surface area is 138 Å². The zero-order valence-corrected chi connectivity index (χ0v) is 12.9. The average molecular weight is 328 g/mol. The molecule has 2 aliphatic rings. The zero-order valence-electron chi connectivity index (χ0n) is 12.9. The molecule has 2 unspecified atom stereocenters. The molecule has 0 aliphatic carbocycles. The molecule has 2 fully saturated rings. The maximum Gasteiger partial charge on any atom is 0.338 e. The number of hydrogen-bond acceptors (Lipinski definition) is 6. The summed E-state index contributed by atoms with van der Waals surface area (Å²) in [5.74, 6) is -0.846. The Bertz CT molecular complexity index is 724. The molecule has 2 aromatic carbocycles. The first-order chi connectivity index (χ1) is 11.7. The van der Waals surface area contributed by atoms with Crippen LogP contribution in [-0.4, -0.2) is 50.6 Å². The van der Waals surface area contributed by atoms with Gasteiger partial charge in [-0.1, -0.05) is 24.3 Å². The van der Waals surface area contributed by atoms with Crippen molar-refractivity contribution in [2.45, 2.75) is 12.2 Å². The zero-order chi connectivity index (χ0) is 16.5. The van der Waals surface area contributed by atoms with E-state index >= 15 is 0 Å². The molecule has 2 atom stereocenters. The summed E-state index contributed by atoms with van der Waals surface area (Å²) < 4.78 is 20.6. The number of rotatable bonds is 6. The van der Waals surface area contributed by atoms with Crippen molar-refractivity contribution in [2.24, 2.45) is 0 Å². The maximum absolute atomic E-state index is 12.3. The number of ether oxygens (including phenoxy) is 4. The third kappa shape index (κ3) is 3.25. The van der Waals surface area contributed by atoms with Gasteiger partial charge < -0.3 is 18.9 Å². The van der Waals surface area contributed by atoms with Gasteiger partial charge in [0.15, 0.2) is 0 Å². The molecule has 0 spiro atoms. The van der Waals surface area contributed by atoms with Crippen molar-refractivity contribution in [3.63, 3.8) is 0 Å². The number of hydrogen-bond donors (Lipinski definition) is 0. The second-order valence-corrected chi connectivity index (χ2v) is 5.81. The van der Waals surface area contributed by atoms with Crippen LogP contribution < -0.4 is 0 Å². The van der Waals surface area contributed by atoms with E-state index in [0.717, 1.165) is 0 Å². The van der Waals surface area contributed by atoms with Crippen LogP contribution in [0.4, 0.5) is 0 Å². The summed E-state index contributed by atoms with van der Waals surface area (Å²) >= 11 is 0. The van der Waals surface area contributed by atoms with Gasteiger partial charge in [0.05, 0.1) is 24.3 Å². The average Bonchev–Trinajstić information content (AvgIpc) is 3.50. The van der Waals surface area contributed by atoms with Crippen LogP contribution in [0.5, 0.6) is 0 Å². The van der Waals surface area contributed by atoms with Crippen molar-refractivity contribution >= 4 is 22.7 Å². The number of epoxide rings is 2. The first kappa shape index (κ1) is 15.1. The van der Waals surface area contributed by atoms with Gasteiger partial charge in [-0.15, -0.1) is 0 Å². The summed E-state index contributed by atoms with van der Waals surface area (Å²) in [5.41, 5.74) is 0.849. The van der Waals surface area contributed by atoms with Crippen LogP contribution in [0.25, 0.3) is 10.8 Å². The largest absolute Gasteiger partial charge is 0.459 e. The minimum atomic E-state index is -0.423. The van der Waals surface area contributed by atoms with E-state index in [1.807, 2.05) is 0 Å². The number of benzene rings is 2. The Balaban J connectivity index is 1.60. The Morgan fingerprint density at radius 2 is 1.25 bits per heavy atom. The molecule has 0 saturated carbocycles. The Hall–Kier alpha value is -2.44. The van der Waals surface area contributed by atoms with Crippen LogP contribution in [0.2, 0.25) is 0 Å². The first-order valence-electron chi connectivity index (χ1n) is 7.81. The summed E-state index contributed by atoms with van der Waals surface area (Å²) in [6.07, 6.45) is 0.0261. The van der Waals surface area contributed by atoms with Crippen molar-refractivity contribution in [1.82, 2.24) is 0 Å². The predicted octanol–water partition coefficient (Wildman–Crippen LogP) is 1.95. The quantitative estimate of drug-likeness (QED) is 0.596. The Morgan fingerprint density at radius 1 is 0.833 bits per heavy atom. The van der Waals surface area contributed by atoms with Gasteiger partial charge in [0, 0.05) is 0 Å². The number of fused-ring (bicyclic) bond motifs is 1. The van der Waals surface area contributed by atoms with E-state index in [0.29, 0.717) is 35.1 Å². The van der Waals surface area contributed by atoms with Crippen molar-refractivity contribution in [3.8, 4) is 0 Å². The molecule has 24 heavy (non-hydrogen) atoms. The van der Waals surface area contributed by atoms with E-state index < -0.39 is 11.9 Å². The van der Waals surface area contributed by atoms with Crippen molar-refractivity contribution in [2.75, 3.05) is 26.4 Å². The van der Waals surface area contributed by atoms with Crippen LogP contribution in [0.15, 0.2) is 36.4 Å². The molecule has 0 aromatic heterocycles. The van der Waals surface area contributed by atoms with E-state index in [1.54, 1.807) is 36.4 Å². The summed E-state index contributed by atoms with van der Waals surface area (Å²) in [4.78, 5) is 24.6. The molecule has 2 aliphatic heterocycles. The summed E-state index contributed by atoms with van der Waals surface area (Å²) in [7, 11) is 0. The minimum absolute atomic E-state index is 0.0131. The molecule has 0 radical (unpaired) electrons. The molecule has 2 heterocycles. The molecule has 0 N–H and O–H groups in total. The smallest absolute Gasteiger partial charge is 0.338 e. The van der Waals surface area contributed by atoms with Gasteiger partial charge in [-0.3, -0.25) is 0 Å². The highest BCUT2D eigenvalue weighted by Crippen LogP contribution is 2.24. The highest BCUT2D eigenvalue weighted by atomic mass is 16.6.